The Hall–Kier alpha value is -2.18. The van der Waals surface area contributed by atoms with Crippen LogP contribution in [0.25, 0.3) is 11.0 Å². The molecule has 0 atom stereocenters. The Kier molecular flexibility index (Phi) is 3.47. The summed E-state index contributed by atoms with van der Waals surface area (Å²) in [5.41, 5.74) is 1.04. The monoisotopic (exact) mass is 328 g/mol. The number of carbonyl (C=O) groups excluding carboxylic acids is 1. The minimum atomic E-state index is 0.148. The predicted octanol–water partition coefficient (Wildman–Crippen LogP) is 1.59. The van der Waals surface area contributed by atoms with Gasteiger partial charge in [0, 0.05) is 39.0 Å². The van der Waals surface area contributed by atoms with Gasteiger partial charge in [-0.15, -0.1) is 0 Å². The topological polar surface area (TPSA) is 75.9 Å². The summed E-state index contributed by atoms with van der Waals surface area (Å²) in [6.07, 6.45) is 4.58. The van der Waals surface area contributed by atoms with E-state index in [-0.39, 0.29) is 17.2 Å². The van der Waals surface area contributed by atoms with E-state index in [1.807, 2.05) is 17.9 Å². The van der Waals surface area contributed by atoms with E-state index in [2.05, 4.69) is 34.1 Å². The minimum absolute atomic E-state index is 0.148. The molecule has 2 aliphatic rings. The molecule has 0 unspecified atom stereocenters. The van der Waals surface area contributed by atoms with E-state index in [0.29, 0.717) is 6.42 Å². The van der Waals surface area contributed by atoms with E-state index in [1.54, 1.807) is 0 Å². The highest BCUT2D eigenvalue weighted by Crippen LogP contribution is 2.39. The second-order valence-electron chi connectivity index (χ2n) is 7.51. The van der Waals surface area contributed by atoms with Gasteiger partial charge in [0.2, 0.25) is 5.91 Å². The molecule has 4 heterocycles. The molecule has 2 aromatic heterocycles. The molecule has 0 radical (unpaired) electrons. The van der Waals surface area contributed by atoms with Crippen LogP contribution in [-0.4, -0.2) is 45.3 Å². The molecule has 2 fully saturated rings. The zero-order chi connectivity index (χ0) is 16.9. The lowest BCUT2D eigenvalue weighted by Gasteiger charge is -2.39. The summed E-state index contributed by atoms with van der Waals surface area (Å²) in [4.78, 5) is 23.5. The van der Waals surface area contributed by atoms with Gasteiger partial charge in [-0.05, 0) is 18.3 Å². The van der Waals surface area contributed by atoms with Crippen molar-refractivity contribution >= 4 is 22.8 Å². The number of fused-ring (bicyclic) bond motifs is 1. The molecule has 1 amide bonds. The van der Waals surface area contributed by atoms with Gasteiger partial charge in [0.05, 0.1) is 11.6 Å². The molecule has 7 heteroatoms. The highest BCUT2D eigenvalue weighted by atomic mass is 16.1. The van der Waals surface area contributed by atoms with Gasteiger partial charge in [-0.1, -0.05) is 13.8 Å². The third-order valence-corrected chi connectivity index (χ3v) is 5.43. The van der Waals surface area contributed by atoms with E-state index < -0.39 is 0 Å². The molecule has 24 heavy (non-hydrogen) atoms. The molecule has 2 saturated heterocycles. The number of aryl methyl sites for hydroxylation is 1. The first-order valence-electron chi connectivity index (χ1n) is 8.69. The number of rotatable bonds is 2. The first kappa shape index (κ1) is 15.4. The second kappa shape index (κ2) is 5.43. The van der Waals surface area contributed by atoms with E-state index in [9.17, 15) is 4.79 Å². The molecule has 128 valence electrons. The van der Waals surface area contributed by atoms with Crippen LogP contribution in [0.15, 0.2) is 6.20 Å². The quantitative estimate of drug-likeness (QED) is 0.906. The number of nitrogens with one attached hydrogen (secondary N) is 1. The van der Waals surface area contributed by atoms with Gasteiger partial charge < -0.3 is 10.2 Å². The van der Waals surface area contributed by atoms with E-state index in [1.165, 1.54) is 0 Å². The predicted molar refractivity (Wildman–Crippen MR) is 91.9 cm³/mol. The van der Waals surface area contributed by atoms with Crippen LogP contribution in [0.3, 0.4) is 0 Å². The van der Waals surface area contributed by atoms with Crippen LogP contribution in [0.2, 0.25) is 0 Å². The van der Waals surface area contributed by atoms with E-state index in [0.717, 1.165) is 55.2 Å². The summed E-state index contributed by atoms with van der Waals surface area (Å²) in [6, 6.07) is 0. The Morgan fingerprint density at radius 1 is 1.25 bits per heavy atom. The average molecular weight is 328 g/mol. The maximum atomic E-state index is 11.6. The van der Waals surface area contributed by atoms with Gasteiger partial charge in [0.15, 0.2) is 5.65 Å². The van der Waals surface area contributed by atoms with Gasteiger partial charge >= 0.3 is 0 Å². The van der Waals surface area contributed by atoms with Crippen molar-refractivity contribution < 1.29 is 4.79 Å². The molecule has 0 aromatic carbocycles. The number of anilines is 1. The Balaban J connectivity index is 1.66. The molecule has 0 aliphatic carbocycles. The molecule has 1 N–H and O–H groups in total. The van der Waals surface area contributed by atoms with Crippen LogP contribution in [0.1, 0.15) is 44.9 Å². The van der Waals surface area contributed by atoms with E-state index >= 15 is 0 Å². The van der Waals surface area contributed by atoms with Crippen LogP contribution in [0.4, 0.5) is 5.82 Å². The fraction of sp³-hybridized carbons (Fsp3) is 0.647. The van der Waals surface area contributed by atoms with Crippen molar-refractivity contribution in [3.63, 3.8) is 0 Å². The molecule has 7 nitrogen and oxygen atoms in total. The van der Waals surface area contributed by atoms with Crippen molar-refractivity contribution in [3.05, 3.63) is 12.0 Å². The summed E-state index contributed by atoms with van der Waals surface area (Å²) in [7, 11) is 1.92. The van der Waals surface area contributed by atoms with Gasteiger partial charge in [0.1, 0.15) is 11.6 Å². The van der Waals surface area contributed by atoms with Gasteiger partial charge in [-0.3, -0.25) is 9.48 Å². The van der Waals surface area contributed by atoms with Crippen molar-refractivity contribution in [1.82, 2.24) is 25.1 Å². The van der Waals surface area contributed by atoms with Gasteiger partial charge in [0.25, 0.3) is 0 Å². The number of piperidine rings is 1. The van der Waals surface area contributed by atoms with Crippen LogP contribution in [0, 0.1) is 5.41 Å². The fourth-order valence-electron chi connectivity index (χ4n) is 3.82. The SMILES string of the molecule is CC(C)c1nc(N2CCC3(CC2)CNC(=O)C3)c2cnn(C)c2n1. The van der Waals surface area contributed by atoms with E-state index in [4.69, 9.17) is 4.98 Å². The smallest absolute Gasteiger partial charge is 0.220 e. The lowest BCUT2D eigenvalue weighted by atomic mass is 9.77. The number of carbonyl (C=O) groups is 1. The number of amides is 1. The summed E-state index contributed by atoms with van der Waals surface area (Å²) in [6.45, 7) is 6.90. The fourth-order valence-corrected chi connectivity index (χ4v) is 3.82. The maximum Gasteiger partial charge on any atom is 0.220 e. The van der Waals surface area contributed by atoms with Crippen molar-refractivity contribution in [1.29, 1.82) is 0 Å². The minimum Gasteiger partial charge on any atom is -0.356 e. The summed E-state index contributed by atoms with van der Waals surface area (Å²) in [5.74, 6) is 2.32. The van der Waals surface area contributed by atoms with Crippen molar-refractivity contribution in [2.45, 2.75) is 39.0 Å². The maximum absolute atomic E-state index is 11.6. The van der Waals surface area contributed by atoms with Crippen LogP contribution in [-0.2, 0) is 11.8 Å². The zero-order valence-corrected chi connectivity index (χ0v) is 14.5. The second-order valence-corrected chi connectivity index (χ2v) is 7.51. The van der Waals surface area contributed by atoms with Gasteiger partial charge in [-0.2, -0.15) is 5.10 Å². The molecule has 2 aliphatic heterocycles. The molecule has 1 spiro atoms. The third kappa shape index (κ3) is 2.42. The highest BCUT2D eigenvalue weighted by molar-refractivity contribution is 5.87. The molecule has 0 bridgehead atoms. The summed E-state index contributed by atoms with van der Waals surface area (Å²) >= 11 is 0. The van der Waals surface area contributed by atoms with Crippen molar-refractivity contribution in [2.24, 2.45) is 12.5 Å². The lowest BCUT2D eigenvalue weighted by Crippen LogP contribution is -2.41. The summed E-state index contributed by atoms with van der Waals surface area (Å²) < 4.78 is 1.82. The Morgan fingerprint density at radius 2 is 2.00 bits per heavy atom. The third-order valence-electron chi connectivity index (χ3n) is 5.43. The Bertz CT molecular complexity index is 788. The number of aromatic nitrogens is 4. The number of nitrogens with zero attached hydrogens (tertiary/aromatic N) is 5. The largest absolute Gasteiger partial charge is 0.356 e. The number of hydrogen-bond acceptors (Lipinski definition) is 5. The normalized spacial score (nSPS) is 20.3. The lowest BCUT2D eigenvalue weighted by molar-refractivity contribution is -0.119. The molecular weight excluding hydrogens is 304 g/mol. The molecule has 0 saturated carbocycles. The Morgan fingerprint density at radius 3 is 2.62 bits per heavy atom. The number of hydrogen-bond donors (Lipinski definition) is 1. The standard InChI is InChI=1S/C17H24N6O/c1-11(2)14-20-15-12(9-19-22(15)3)16(21-14)23-6-4-17(5-7-23)8-13(24)18-10-17/h9,11H,4-8,10H2,1-3H3,(H,18,24). The Labute approximate surface area is 141 Å². The molecule has 4 rings (SSSR count). The van der Waals surface area contributed by atoms with Crippen molar-refractivity contribution in [3.8, 4) is 0 Å². The first-order chi connectivity index (χ1) is 11.5. The summed E-state index contributed by atoms with van der Waals surface area (Å²) in [5, 5.41) is 8.37. The van der Waals surface area contributed by atoms with Crippen LogP contribution >= 0.6 is 0 Å². The molecule has 2 aromatic rings. The highest BCUT2D eigenvalue weighted by Gasteiger charge is 2.41. The van der Waals surface area contributed by atoms with Crippen LogP contribution in [0.5, 0.6) is 0 Å². The average Bonchev–Trinajstić information content (AvgIpc) is 3.11. The molecular formula is C17H24N6O. The van der Waals surface area contributed by atoms with Crippen LogP contribution < -0.4 is 10.2 Å². The van der Waals surface area contributed by atoms with Gasteiger partial charge in [-0.25, -0.2) is 9.97 Å². The van der Waals surface area contributed by atoms with Crippen molar-refractivity contribution in [2.75, 3.05) is 24.5 Å². The zero-order valence-electron chi connectivity index (χ0n) is 14.5. The first-order valence-corrected chi connectivity index (χ1v) is 8.69.